The van der Waals surface area contributed by atoms with E-state index in [2.05, 4.69) is 16.5 Å². The number of halogens is 2. The third-order valence-corrected chi connectivity index (χ3v) is 3.27. The first-order valence-electron chi connectivity index (χ1n) is 5.60. The Morgan fingerprint density at radius 1 is 0.947 bits per heavy atom. The molecule has 0 atom stereocenters. The third-order valence-electron chi connectivity index (χ3n) is 2.70. The molecule has 1 heterocycles. The molecule has 0 aliphatic heterocycles. The van der Waals surface area contributed by atoms with Crippen LogP contribution in [0.3, 0.4) is 0 Å². The van der Waals surface area contributed by atoms with Crippen LogP contribution in [0.25, 0.3) is 16.9 Å². The molecule has 0 fully saturated rings. The van der Waals surface area contributed by atoms with E-state index in [1.54, 1.807) is 4.68 Å². The Kier molecular flexibility index (Phi) is 3.23. The van der Waals surface area contributed by atoms with E-state index in [9.17, 15) is 0 Å². The molecule has 93 valence electrons. The standard InChI is InChI=1S/C14H8Cl2N3/c15-11-7-5-10(6-8-11)14-9-17-18-19(14)13-4-2-1-3-12(13)16/h1-8H. The highest BCUT2D eigenvalue weighted by atomic mass is 35.5. The van der Waals surface area contributed by atoms with Gasteiger partial charge in [0, 0.05) is 10.6 Å². The number of nitrogens with zero attached hydrogens (tertiary/aromatic N) is 3. The van der Waals surface area contributed by atoms with E-state index in [4.69, 9.17) is 23.2 Å². The van der Waals surface area contributed by atoms with Crippen molar-refractivity contribution in [2.45, 2.75) is 0 Å². The maximum Gasteiger partial charge on any atom is 0.144 e. The van der Waals surface area contributed by atoms with E-state index in [1.807, 2.05) is 48.5 Å². The lowest BCUT2D eigenvalue weighted by atomic mass is 10.1. The zero-order chi connectivity index (χ0) is 13.2. The average Bonchev–Trinajstić information content (AvgIpc) is 2.89. The maximum atomic E-state index is 6.18. The average molecular weight is 289 g/mol. The molecule has 3 aromatic rings. The van der Waals surface area contributed by atoms with Gasteiger partial charge in [0.2, 0.25) is 0 Å². The maximum absolute atomic E-state index is 6.18. The molecule has 3 nitrogen and oxygen atoms in total. The summed E-state index contributed by atoms with van der Waals surface area (Å²) in [6.07, 6.45) is 2.87. The highest BCUT2D eigenvalue weighted by molar-refractivity contribution is 6.32. The van der Waals surface area contributed by atoms with Gasteiger partial charge in [-0.25, -0.2) is 4.68 Å². The van der Waals surface area contributed by atoms with Crippen LogP contribution in [0.5, 0.6) is 0 Å². The van der Waals surface area contributed by atoms with E-state index in [0.29, 0.717) is 10.0 Å². The van der Waals surface area contributed by atoms with E-state index < -0.39 is 0 Å². The number of benzene rings is 2. The Balaban J connectivity index is 2.13. The van der Waals surface area contributed by atoms with E-state index in [1.165, 1.54) is 0 Å². The Bertz CT molecular complexity index is 705. The molecule has 0 aliphatic carbocycles. The molecule has 0 amide bonds. The zero-order valence-corrected chi connectivity index (χ0v) is 11.2. The van der Waals surface area contributed by atoms with Gasteiger partial charge in [-0.15, -0.1) is 5.10 Å². The van der Waals surface area contributed by atoms with Gasteiger partial charge in [0.25, 0.3) is 0 Å². The van der Waals surface area contributed by atoms with Gasteiger partial charge in [-0.3, -0.25) is 0 Å². The number of aromatic nitrogens is 3. The Morgan fingerprint density at radius 2 is 1.68 bits per heavy atom. The van der Waals surface area contributed by atoms with Crippen LogP contribution in [-0.2, 0) is 0 Å². The minimum Gasteiger partial charge on any atom is -0.211 e. The van der Waals surface area contributed by atoms with Crippen LogP contribution >= 0.6 is 23.2 Å². The minimum atomic E-state index is 0.608. The first-order valence-corrected chi connectivity index (χ1v) is 6.35. The first kappa shape index (κ1) is 12.2. The zero-order valence-electron chi connectivity index (χ0n) is 9.72. The molecule has 0 bridgehead atoms. The van der Waals surface area contributed by atoms with Gasteiger partial charge in [0.05, 0.1) is 10.7 Å². The Labute approximate surface area is 120 Å². The van der Waals surface area contributed by atoms with Gasteiger partial charge in [0.1, 0.15) is 11.9 Å². The van der Waals surface area contributed by atoms with Crippen LogP contribution in [-0.4, -0.2) is 15.0 Å². The molecule has 0 saturated heterocycles. The molecule has 2 aromatic carbocycles. The van der Waals surface area contributed by atoms with Crippen LogP contribution in [0.2, 0.25) is 10.0 Å². The van der Waals surface area contributed by atoms with Crippen molar-refractivity contribution in [2.24, 2.45) is 0 Å². The monoisotopic (exact) mass is 288 g/mol. The van der Waals surface area contributed by atoms with Crippen molar-refractivity contribution < 1.29 is 0 Å². The fourth-order valence-electron chi connectivity index (χ4n) is 1.79. The van der Waals surface area contributed by atoms with Crippen LogP contribution in [0.4, 0.5) is 0 Å². The molecule has 19 heavy (non-hydrogen) atoms. The van der Waals surface area contributed by atoms with E-state index in [0.717, 1.165) is 16.9 Å². The normalized spacial score (nSPS) is 10.6. The number of para-hydroxylation sites is 1. The van der Waals surface area contributed by atoms with Crippen molar-refractivity contribution >= 4 is 23.2 Å². The SMILES string of the molecule is Clc1ccc(-c2[c]nnn2-c2ccccc2Cl)cc1. The quantitative estimate of drug-likeness (QED) is 0.712. The van der Waals surface area contributed by atoms with Gasteiger partial charge in [-0.2, -0.15) is 0 Å². The topological polar surface area (TPSA) is 30.7 Å². The second-order valence-corrected chi connectivity index (χ2v) is 4.76. The molecule has 5 heteroatoms. The summed E-state index contributed by atoms with van der Waals surface area (Å²) in [7, 11) is 0. The van der Waals surface area contributed by atoms with E-state index in [-0.39, 0.29) is 0 Å². The Hall–Kier alpha value is -1.84. The van der Waals surface area contributed by atoms with Crippen LogP contribution in [0, 0.1) is 6.20 Å². The van der Waals surface area contributed by atoms with Crippen LogP contribution < -0.4 is 0 Å². The molecule has 0 saturated carbocycles. The lowest BCUT2D eigenvalue weighted by Gasteiger charge is -2.07. The second kappa shape index (κ2) is 5.03. The smallest absolute Gasteiger partial charge is 0.144 e. The molecule has 0 aliphatic rings. The molecule has 3 rings (SSSR count). The van der Waals surface area contributed by atoms with Gasteiger partial charge in [0.15, 0.2) is 0 Å². The van der Waals surface area contributed by atoms with Crippen molar-refractivity contribution in [1.29, 1.82) is 0 Å². The van der Waals surface area contributed by atoms with Crippen LogP contribution in [0.15, 0.2) is 48.5 Å². The fraction of sp³-hybridized carbons (Fsp3) is 0. The molecule has 0 N–H and O–H groups in total. The molecular formula is C14H8Cl2N3. The molecule has 1 radical (unpaired) electrons. The summed E-state index contributed by atoms with van der Waals surface area (Å²) in [5.74, 6) is 0. The summed E-state index contributed by atoms with van der Waals surface area (Å²) < 4.78 is 1.66. The predicted molar refractivity (Wildman–Crippen MR) is 75.7 cm³/mol. The number of hydrogen-bond acceptors (Lipinski definition) is 2. The highest BCUT2D eigenvalue weighted by Gasteiger charge is 2.11. The van der Waals surface area contributed by atoms with Gasteiger partial charge in [-0.1, -0.05) is 52.7 Å². The van der Waals surface area contributed by atoms with E-state index >= 15 is 0 Å². The number of rotatable bonds is 2. The van der Waals surface area contributed by atoms with Crippen LogP contribution in [0.1, 0.15) is 0 Å². The second-order valence-electron chi connectivity index (χ2n) is 3.92. The third kappa shape index (κ3) is 2.35. The Morgan fingerprint density at radius 3 is 2.42 bits per heavy atom. The lowest BCUT2D eigenvalue weighted by molar-refractivity contribution is 0.807. The molecule has 1 aromatic heterocycles. The summed E-state index contributed by atoms with van der Waals surface area (Å²) >= 11 is 12.1. The highest BCUT2D eigenvalue weighted by Crippen LogP contribution is 2.26. The largest absolute Gasteiger partial charge is 0.211 e. The lowest BCUT2D eigenvalue weighted by Crippen LogP contribution is -1.99. The fourth-order valence-corrected chi connectivity index (χ4v) is 2.14. The number of hydrogen-bond donors (Lipinski definition) is 0. The molecular weight excluding hydrogens is 281 g/mol. The van der Waals surface area contributed by atoms with Crippen molar-refractivity contribution in [1.82, 2.24) is 15.0 Å². The van der Waals surface area contributed by atoms with Crippen molar-refractivity contribution in [2.75, 3.05) is 0 Å². The van der Waals surface area contributed by atoms with Gasteiger partial charge >= 0.3 is 0 Å². The van der Waals surface area contributed by atoms with Gasteiger partial charge in [-0.05, 0) is 24.3 Å². The minimum absolute atomic E-state index is 0.608. The summed E-state index contributed by atoms with van der Waals surface area (Å²) in [6, 6.07) is 14.9. The van der Waals surface area contributed by atoms with Crippen molar-refractivity contribution in [3.8, 4) is 16.9 Å². The summed E-state index contributed by atoms with van der Waals surface area (Å²) in [4.78, 5) is 0. The molecule has 0 spiro atoms. The first-order chi connectivity index (χ1) is 9.25. The van der Waals surface area contributed by atoms with Crippen molar-refractivity contribution in [3.63, 3.8) is 0 Å². The summed E-state index contributed by atoms with van der Waals surface area (Å²) in [5.41, 5.74) is 2.43. The van der Waals surface area contributed by atoms with Gasteiger partial charge < -0.3 is 0 Å². The molecule has 0 unspecified atom stereocenters. The predicted octanol–water partition coefficient (Wildman–Crippen LogP) is 4.04. The summed E-state index contributed by atoms with van der Waals surface area (Å²) in [6.45, 7) is 0. The summed E-state index contributed by atoms with van der Waals surface area (Å²) in [5, 5.41) is 9.16. The van der Waals surface area contributed by atoms with Crippen molar-refractivity contribution in [3.05, 3.63) is 64.8 Å².